The summed E-state index contributed by atoms with van der Waals surface area (Å²) < 4.78 is 0. The summed E-state index contributed by atoms with van der Waals surface area (Å²) in [5, 5.41) is 12.0. The van der Waals surface area contributed by atoms with Gasteiger partial charge in [-0.1, -0.05) is 46.4 Å². The van der Waals surface area contributed by atoms with Crippen LogP contribution in [-0.2, 0) is 0 Å². The van der Waals surface area contributed by atoms with E-state index in [0.717, 1.165) is 0 Å². The molecule has 0 saturated carbocycles. The first-order valence-corrected chi connectivity index (χ1v) is 6.50. The van der Waals surface area contributed by atoms with Gasteiger partial charge < -0.3 is 0 Å². The van der Waals surface area contributed by atoms with Crippen molar-refractivity contribution in [1.29, 1.82) is 0 Å². The van der Waals surface area contributed by atoms with Gasteiger partial charge in [-0.15, -0.1) is 0 Å². The van der Waals surface area contributed by atoms with Crippen molar-refractivity contribution >= 4 is 52.1 Å². The maximum absolute atomic E-state index is 10.8. The number of nitro groups is 1. The molecule has 0 N–H and O–H groups in total. The number of halogens is 4. The van der Waals surface area contributed by atoms with Crippen LogP contribution in [0.2, 0.25) is 20.1 Å². The van der Waals surface area contributed by atoms with E-state index in [1.54, 1.807) is 6.07 Å². The highest BCUT2D eigenvalue weighted by molar-refractivity contribution is 6.45. The van der Waals surface area contributed by atoms with Crippen molar-refractivity contribution in [2.75, 3.05) is 0 Å². The van der Waals surface area contributed by atoms with Crippen LogP contribution in [0, 0.1) is 10.1 Å². The van der Waals surface area contributed by atoms with Gasteiger partial charge in [-0.05, 0) is 18.2 Å². The number of rotatable bonds is 2. The molecule has 0 saturated heterocycles. The van der Waals surface area contributed by atoms with E-state index in [1.807, 2.05) is 0 Å². The average molecular weight is 337 g/mol. The SMILES string of the molecule is O=[N+]([O-])c1ccc(Cl)c(-c2cc(Cl)cc(Cl)c2Cl)c1. The number of nitrogens with zero attached hydrogens (tertiary/aromatic N) is 1. The molecule has 2 aromatic rings. The summed E-state index contributed by atoms with van der Waals surface area (Å²) in [7, 11) is 0. The predicted octanol–water partition coefficient (Wildman–Crippen LogP) is 5.88. The van der Waals surface area contributed by atoms with E-state index in [-0.39, 0.29) is 15.7 Å². The first-order chi connectivity index (χ1) is 8.90. The second-order valence-electron chi connectivity index (χ2n) is 3.67. The quantitative estimate of drug-likeness (QED) is 0.390. The highest BCUT2D eigenvalue weighted by atomic mass is 35.5. The number of hydrogen-bond acceptors (Lipinski definition) is 2. The van der Waals surface area contributed by atoms with Gasteiger partial charge in [0, 0.05) is 33.3 Å². The van der Waals surface area contributed by atoms with E-state index < -0.39 is 4.92 Å². The molecule has 0 amide bonds. The second kappa shape index (κ2) is 5.55. The molecule has 0 radical (unpaired) electrons. The first kappa shape index (κ1) is 14.4. The normalized spacial score (nSPS) is 10.5. The molecule has 2 aromatic carbocycles. The Morgan fingerprint density at radius 2 is 1.58 bits per heavy atom. The predicted molar refractivity (Wildman–Crippen MR) is 78.6 cm³/mol. The Labute approximate surface area is 128 Å². The van der Waals surface area contributed by atoms with Crippen molar-refractivity contribution in [3.05, 3.63) is 60.5 Å². The minimum atomic E-state index is -0.514. The maximum atomic E-state index is 10.8. The number of benzene rings is 2. The molecule has 98 valence electrons. The minimum Gasteiger partial charge on any atom is -0.258 e. The van der Waals surface area contributed by atoms with Gasteiger partial charge in [0.2, 0.25) is 0 Å². The molecule has 0 aliphatic heterocycles. The fourth-order valence-corrected chi connectivity index (χ4v) is 2.51. The van der Waals surface area contributed by atoms with Crippen LogP contribution in [0.15, 0.2) is 30.3 Å². The fraction of sp³-hybridized carbons (Fsp3) is 0. The molecule has 0 spiro atoms. The monoisotopic (exact) mass is 335 g/mol. The Balaban J connectivity index is 2.71. The van der Waals surface area contributed by atoms with Crippen LogP contribution in [0.1, 0.15) is 0 Å². The Morgan fingerprint density at radius 3 is 2.21 bits per heavy atom. The molecule has 3 nitrogen and oxygen atoms in total. The van der Waals surface area contributed by atoms with Crippen molar-refractivity contribution in [3.63, 3.8) is 0 Å². The smallest absolute Gasteiger partial charge is 0.258 e. The minimum absolute atomic E-state index is 0.0911. The van der Waals surface area contributed by atoms with Crippen molar-refractivity contribution in [1.82, 2.24) is 0 Å². The number of nitro benzene ring substituents is 1. The van der Waals surface area contributed by atoms with Gasteiger partial charge >= 0.3 is 0 Å². The topological polar surface area (TPSA) is 43.1 Å². The molecule has 0 unspecified atom stereocenters. The lowest BCUT2D eigenvalue weighted by Crippen LogP contribution is -1.90. The van der Waals surface area contributed by atoms with Crippen LogP contribution < -0.4 is 0 Å². The van der Waals surface area contributed by atoms with Crippen LogP contribution in [-0.4, -0.2) is 4.92 Å². The summed E-state index contributed by atoms with van der Waals surface area (Å²) in [6.45, 7) is 0. The molecular formula is C12H5Cl4NO2. The van der Waals surface area contributed by atoms with Gasteiger partial charge in [0.1, 0.15) is 0 Å². The summed E-state index contributed by atoms with van der Waals surface area (Å²) in [5.41, 5.74) is 0.768. The molecule has 19 heavy (non-hydrogen) atoms. The van der Waals surface area contributed by atoms with Gasteiger partial charge in [0.25, 0.3) is 5.69 Å². The molecule has 0 aromatic heterocycles. The van der Waals surface area contributed by atoms with E-state index in [9.17, 15) is 10.1 Å². The third-order valence-corrected chi connectivity index (χ3v) is 3.79. The van der Waals surface area contributed by atoms with Gasteiger partial charge in [-0.2, -0.15) is 0 Å². The first-order valence-electron chi connectivity index (χ1n) is 4.99. The molecule has 0 aliphatic carbocycles. The molecule has 7 heteroatoms. The second-order valence-corrected chi connectivity index (χ2v) is 5.30. The zero-order chi connectivity index (χ0) is 14.2. The number of hydrogen-bond donors (Lipinski definition) is 0. The molecule has 0 aliphatic rings. The Kier molecular flexibility index (Phi) is 4.21. The van der Waals surface area contributed by atoms with E-state index in [4.69, 9.17) is 46.4 Å². The van der Waals surface area contributed by atoms with Crippen molar-refractivity contribution in [2.45, 2.75) is 0 Å². The summed E-state index contributed by atoms with van der Waals surface area (Å²) >= 11 is 24.0. The molecule has 2 rings (SSSR count). The van der Waals surface area contributed by atoms with E-state index >= 15 is 0 Å². The van der Waals surface area contributed by atoms with Crippen molar-refractivity contribution in [2.24, 2.45) is 0 Å². The largest absolute Gasteiger partial charge is 0.270 e. The van der Waals surface area contributed by atoms with Gasteiger partial charge in [0.15, 0.2) is 0 Å². The molecule has 0 heterocycles. The lowest BCUT2D eigenvalue weighted by molar-refractivity contribution is -0.384. The summed E-state index contributed by atoms with van der Waals surface area (Å²) in [4.78, 5) is 10.3. The van der Waals surface area contributed by atoms with Crippen molar-refractivity contribution in [3.8, 4) is 11.1 Å². The zero-order valence-corrected chi connectivity index (χ0v) is 12.2. The zero-order valence-electron chi connectivity index (χ0n) is 9.16. The summed E-state index contributed by atoms with van der Waals surface area (Å²) in [6.07, 6.45) is 0. The highest BCUT2D eigenvalue weighted by Gasteiger charge is 2.16. The highest BCUT2D eigenvalue weighted by Crippen LogP contribution is 2.40. The average Bonchev–Trinajstić information content (AvgIpc) is 2.34. The lowest BCUT2D eigenvalue weighted by Gasteiger charge is -2.09. The fourth-order valence-electron chi connectivity index (χ4n) is 1.59. The van der Waals surface area contributed by atoms with Crippen LogP contribution >= 0.6 is 46.4 Å². The molecule has 0 bridgehead atoms. The van der Waals surface area contributed by atoms with Crippen LogP contribution in [0.5, 0.6) is 0 Å². The van der Waals surface area contributed by atoms with Gasteiger partial charge in [-0.25, -0.2) is 0 Å². The van der Waals surface area contributed by atoms with Crippen LogP contribution in [0.4, 0.5) is 5.69 Å². The molecule has 0 atom stereocenters. The van der Waals surface area contributed by atoms with Crippen molar-refractivity contribution < 1.29 is 4.92 Å². The Bertz CT molecular complexity index is 673. The standard InChI is InChI=1S/C12H5Cl4NO2/c13-6-3-9(12(16)11(15)4-6)8-5-7(17(18)19)1-2-10(8)14/h1-5H. The van der Waals surface area contributed by atoms with Gasteiger partial charge in [0.05, 0.1) is 15.0 Å². The van der Waals surface area contributed by atoms with E-state index in [2.05, 4.69) is 0 Å². The summed E-state index contributed by atoms with van der Waals surface area (Å²) in [5.74, 6) is 0. The van der Waals surface area contributed by atoms with E-state index in [0.29, 0.717) is 21.2 Å². The number of non-ortho nitro benzene ring substituents is 1. The lowest BCUT2D eigenvalue weighted by atomic mass is 10.0. The Hall–Kier alpha value is -1.000. The van der Waals surface area contributed by atoms with Crippen LogP contribution in [0.3, 0.4) is 0 Å². The van der Waals surface area contributed by atoms with E-state index in [1.165, 1.54) is 24.3 Å². The third-order valence-electron chi connectivity index (χ3n) is 2.44. The molecular weight excluding hydrogens is 332 g/mol. The molecule has 0 fully saturated rings. The Morgan fingerprint density at radius 1 is 0.895 bits per heavy atom. The van der Waals surface area contributed by atoms with Crippen LogP contribution in [0.25, 0.3) is 11.1 Å². The third kappa shape index (κ3) is 2.95. The van der Waals surface area contributed by atoms with Gasteiger partial charge in [-0.3, -0.25) is 10.1 Å². The maximum Gasteiger partial charge on any atom is 0.270 e. The summed E-state index contributed by atoms with van der Waals surface area (Å²) in [6, 6.07) is 7.11.